The van der Waals surface area contributed by atoms with Crippen molar-refractivity contribution in [1.82, 2.24) is 9.80 Å². The topological polar surface area (TPSA) is 81.2 Å². The molecule has 0 aromatic heterocycles. The number of hydrogen-bond acceptors (Lipinski definition) is 6. The molecule has 2 heterocycles. The van der Waals surface area contributed by atoms with E-state index in [2.05, 4.69) is 23.6 Å². The first-order valence-electron chi connectivity index (χ1n) is 10.00. The number of amides is 1. The molecule has 3 rings (SSSR count). The molecule has 1 aromatic carbocycles. The van der Waals surface area contributed by atoms with Crippen LogP contribution in [0.1, 0.15) is 20.3 Å². The summed E-state index contributed by atoms with van der Waals surface area (Å²) in [5.74, 6) is 0.880. The Bertz CT molecular complexity index is 771. The van der Waals surface area contributed by atoms with Crippen molar-refractivity contribution in [3.05, 3.63) is 24.3 Å². The Hall–Kier alpha value is -1.80. The maximum absolute atomic E-state index is 13.0. The minimum atomic E-state index is -3.02. The lowest BCUT2D eigenvalue weighted by molar-refractivity contribution is -0.135. The standard InChI is InChI=1S/C20H31N3O4S/c1-16(2)13-23(18-7-12-28(26,27)15-18)20(25)14-21-8-10-22(11-9-21)17-3-5-19(24)6-4-17/h3-6,16,18,24H,7-15H2,1-2H3/t18-/m0/s1. The summed E-state index contributed by atoms with van der Waals surface area (Å²) in [5, 5.41) is 9.43. The van der Waals surface area contributed by atoms with Crippen molar-refractivity contribution in [3.8, 4) is 5.75 Å². The van der Waals surface area contributed by atoms with Gasteiger partial charge in [-0.1, -0.05) is 13.8 Å². The molecule has 1 amide bonds. The largest absolute Gasteiger partial charge is 0.508 e. The van der Waals surface area contributed by atoms with Crippen molar-refractivity contribution in [2.45, 2.75) is 26.3 Å². The van der Waals surface area contributed by atoms with E-state index in [1.54, 1.807) is 12.1 Å². The minimum Gasteiger partial charge on any atom is -0.508 e. The highest BCUT2D eigenvalue weighted by molar-refractivity contribution is 7.91. The van der Waals surface area contributed by atoms with Crippen LogP contribution in [0.5, 0.6) is 5.75 Å². The number of nitrogens with zero attached hydrogens (tertiary/aromatic N) is 3. The van der Waals surface area contributed by atoms with Gasteiger partial charge in [0.1, 0.15) is 5.75 Å². The highest BCUT2D eigenvalue weighted by Gasteiger charge is 2.35. The Labute approximate surface area is 167 Å². The smallest absolute Gasteiger partial charge is 0.237 e. The number of rotatable bonds is 6. The van der Waals surface area contributed by atoms with Gasteiger partial charge in [-0.15, -0.1) is 0 Å². The molecule has 2 aliphatic heterocycles. The molecule has 7 nitrogen and oxygen atoms in total. The summed E-state index contributed by atoms with van der Waals surface area (Å²) in [6, 6.07) is 7.00. The molecule has 0 bridgehead atoms. The van der Waals surface area contributed by atoms with Gasteiger partial charge < -0.3 is 14.9 Å². The van der Waals surface area contributed by atoms with Gasteiger partial charge in [-0.3, -0.25) is 9.69 Å². The van der Waals surface area contributed by atoms with E-state index < -0.39 is 9.84 Å². The molecule has 1 atom stereocenters. The average Bonchev–Trinajstić information content (AvgIpc) is 3.00. The molecule has 0 aliphatic carbocycles. The van der Waals surface area contributed by atoms with Gasteiger partial charge in [0.05, 0.1) is 18.1 Å². The average molecular weight is 410 g/mol. The molecule has 0 spiro atoms. The monoisotopic (exact) mass is 409 g/mol. The summed E-state index contributed by atoms with van der Waals surface area (Å²) in [7, 11) is -3.02. The number of carbonyl (C=O) groups is 1. The molecule has 0 unspecified atom stereocenters. The number of benzene rings is 1. The van der Waals surface area contributed by atoms with E-state index >= 15 is 0 Å². The van der Waals surface area contributed by atoms with E-state index in [4.69, 9.17) is 0 Å². The van der Waals surface area contributed by atoms with Crippen LogP contribution in [-0.4, -0.2) is 86.0 Å². The van der Waals surface area contributed by atoms with Crippen LogP contribution in [0.3, 0.4) is 0 Å². The van der Waals surface area contributed by atoms with E-state index in [0.717, 1.165) is 31.9 Å². The van der Waals surface area contributed by atoms with Gasteiger partial charge >= 0.3 is 0 Å². The van der Waals surface area contributed by atoms with E-state index in [1.165, 1.54) is 0 Å². The summed E-state index contributed by atoms with van der Waals surface area (Å²) >= 11 is 0. The lowest BCUT2D eigenvalue weighted by atomic mass is 10.1. The first-order chi connectivity index (χ1) is 13.2. The number of phenols is 1. The molecule has 1 aromatic rings. The van der Waals surface area contributed by atoms with Crippen LogP contribution in [0.15, 0.2) is 24.3 Å². The number of hydrogen-bond donors (Lipinski definition) is 1. The zero-order valence-corrected chi connectivity index (χ0v) is 17.6. The van der Waals surface area contributed by atoms with Crippen LogP contribution in [0.25, 0.3) is 0 Å². The molecule has 2 fully saturated rings. The third-order valence-corrected chi connectivity index (χ3v) is 7.23. The number of phenolic OH excluding ortho intramolecular Hbond substituents is 1. The second-order valence-electron chi connectivity index (χ2n) is 8.28. The Morgan fingerprint density at radius 1 is 1.18 bits per heavy atom. The molecule has 2 aliphatic rings. The SMILES string of the molecule is CC(C)CN(C(=O)CN1CCN(c2ccc(O)cc2)CC1)[C@H]1CCS(=O)(=O)C1. The number of sulfone groups is 1. The molecule has 8 heteroatoms. The maximum Gasteiger partial charge on any atom is 0.237 e. The third kappa shape index (κ3) is 5.38. The van der Waals surface area contributed by atoms with E-state index in [-0.39, 0.29) is 29.2 Å². The minimum absolute atomic E-state index is 0.0360. The van der Waals surface area contributed by atoms with Gasteiger partial charge in [-0.2, -0.15) is 0 Å². The predicted octanol–water partition coefficient (Wildman–Crippen LogP) is 1.19. The van der Waals surface area contributed by atoms with E-state index in [0.29, 0.717) is 25.4 Å². The fourth-order valence-corrected chi connectivity index (χ4v) is 5.71. The van der Waals surface area contributed by atoms with Gasteiger partial charge in [0.15, 0.2) is 9.84 Å². The van der Waals surface area contributed by atoms with Crippen LogP contribution in [0, 0.1) is 5.92 Å². The number of aromatic hydroxyl groups is 1. The molecular weight excluding hydrogens is 378 g/mol. The van der Waals surface area contributed by atoms with Crippen LogP contribution >= 0.6 is 0 Å². The number of piperazine rings is 1. The van der Waals surface area contributed by atoms with Gasteiger partial charge in [-0.25, -0.2) is 8.42 Å². The highest BCUT2D eigenvalue weighted by atomic mass is 32.2. The quantitative estimate of drug-likeness (QED) is 0.760. The van der Waals surface area contributed by atoms with Crippen molar-refractivity contribution in [2.24, 2.45) is 5.92 Å². The normalized spacial score (nSPS) is 22.5. The van der Waals surface area contributed by atoms with Crippen LogP contribution in [-0.2, 0) is 14.6 Å². The second kappa shape index (κ2) is 8.69. The first-order valence-corrected chi connectivity index (χ1v) is 11.8. The highest BCUT2D eigenvalue weighted by Crippen LogP contribution is 2.21. The second-order valence-corrected chi connectivity index (χ2v) is 10.5. The Balaban J connectivity index is 1.56. The summed E-state index contributed by atoms with van der Waals surface area (Å²) in [5.41, 5.74) is 1.07. The van der Waals surface area contributed by atoms with Gasteiger partial charge in [0.2, 0.25) is 5.91 Å². The molecule has 156 valence electrons. The van der Waals surface area contributed by atoms with Crippen molar-refractivity contribution in [1.29, 1.82) is 0 Å². The fourth-order valence-electron chi connectivity index (χ4n) is 3.98. The summed E-state index contributed by atoms with van der Waals surface area (Å²) in [6.45, 7) is 8.26. The lowest BCUT2D eigenvalue weighted by Crippen LogP contribution is -2.52. The molecule has 1 N–H and O–H groups in total. The maximum atomic E-state index is 13.0. The van der Waals surface area contributed by atoms with Crippen LogP contribution in [0.2, 0.25) is 0 Å². The molecule has 28 heavy (non-hydrogen) atoms. The molecule has 0 radical (unpaired) electrons. The van der Waals surface area contributed by atoms with Crippen molar-refractivity contribution in [3.63, 3.8) is 0 Å². The van der Waals surface area contributed by atoms with E-state index in [1.807, 2.05) is 17.0 Å². The van der Waals surface area contributed by atoms with Gasteiger partial charge in [-0.05, 0) is 36.6 Å². The molecule has 2 saturated heterocycles. The fraction of sp³-hybridized carbons (Fsp3) is 0.650. The zero-order chi connectivity index (χ0) is 20.3. The summed E-state index contributed by atoms with van der Waals surface area (Å²) < 4.78 is 23.7. The lowest BCUT2D eigenvalue weighted by Gasteiger charge is -2.37. The van der Waals surface area contributed by atoms with Crippen molar-refractivity contribution >= 4 is 21.4 Å². The van der Waals surface area contributed by atoms with E-state index in [9.17, 15) is 18.3 Å². The Morgan fingerprint density at radius 3 is 2.36 bits per heavy atom. The first kappa shape index (κ1) is 20.9. The summed E-state index contributed by atoms with van der Waals surface area (Å²) in [4.78, 5) is 19.2. The van der Waals surface area contributed by atoms with Crippen LogP contribution in [0.4, 0.5) is 5.69 Å². The van der Waals surface area contributed by atoms with Gasteiger partial charge in [0.25, 0.3) is 0 Å². The van der Waals surface area contributed by atoms with Crippen LogP contribution < -0.4 is 4.90 Å². The molecule has 0 saturated carbocycles. The predicted molar refractivity (Wildman–Crippen MR) is 110 cm³/mol. The number of carbonyl (C=O) groups excluding carboxylic acids is 1. The third-order valence-electron chi connectivity index (χ3n) is 5.48. The Kier molecular flexibility index (Phi) is 6.50. The molecular formula is C20H31N3O4S. The Morgan fingerprint density at radius 2 is 1.82 bits per heavy atom. The van der Waals surface area contributed by atoms with Gasteiger partial charge in [0, 0.05) is 44.5 Å². The van der Waals surface area contributed by atoms with Crippen molar-refractivity contribution < 1.29 is 18.3 Å². The van der Waals surface area contributed by atoms with Crippen molar-refractivity contribution in [2.75, 3.05) is 55.7 Å². The number of anilines is 1. The summed E-state index contributed by atoms with van der Waals surface area (Å²) in [6.07, 6.45) is 0.551. The zero-order valence-electron chi connectivity index (χ0n) is 16.7.